The minimum absolute atomic E-state index is 0.275. The highest BCUT2D eigenvalue weighted by Gasteiger charge is 2.16. The average Bonchev–Trinajstić information content (AvgIpc) is 3.34. The quantitative estimate of drug-likeness (QED) is 0.601. The van der Waals surface area contributed by atoms with Gasteiger partial charge in [-0.1, -0.05) is 12.7 Å². The van der Waals surface area contributed by atoms with Crippen LogP contribution in [0.5, 0.6) is 0 Å². The maximum absolute atomic E-state index is 12.1. The summed E-state index contributed by atoms with van der Waals surface area (Å²) in [7, 11) is 0. The number of hydrogen-bond acceptors (Lipinski definition) is 6. The Bertz CT molecular complexity index is 698. The topological polar surface area (TPSA) is 99.1 Å². The van der Waals surface area contributed by atoms with Crippen LogP contribution in [0.1, 0.15) is 6.42 Å². The molecule has 26 heavy (non-hydrogen) atoms. The van der Waals surface area contributed by atoms with Crippen LogP contribution in [0.4, 0.5) is 4.79 Å². The molecule has 0 radical (unpaired) electrons. The zero-order valence-corrected chi connectivity index (χ0v) is 14.6. The smallest absolute Gasteiger partial charge is 0.320 e. The third-order valence-corrected chi connectivity index (χ3v) is 4.19. The molecule has 1 atom stereocenters. The first-order valence-electron chi connectivity index (χ1n) is 8.67. The number of aliphatic imine (C=N–C) groups is 2. The molecule has 3 heterocycles. The van der Waals surface area contributed by atoms with Crippen LogP contribution in [-0.4, -0.2) is 50.9 Å². The number of ether oxygens (including phenoxy) is 1. The summed E-state index contributed by atoms with van der Waals surface area (Å²) < 4.78 is 5.31. The van der Waals surface area contributed by atoms with Crippen molar-refractivity contribution in [3.05, 3.63) is 47.9 Å². The Kier molecular flexibility index (Phi) is 6.34. The van der Waals surface area contributed by atoms with Gasteiger partial charge in [0.25, 0.3) is 0 Å². The van der Waals surface area contributed by atoms with Gasteiger partial charge in [0.2, 0.25) is 0 Å². The van der Waals surface area contributed by atoms with Crippen molar-refractivity contribution in [3.8, 4) is 0 Å². The lowest BCUT2D eigenvalue weighted by molar-refractivity contribution is 0.185. The summed E-state index contributed by atoms with van der Waals surface area (Å²) >= 11 is 0. The van der Waals surface area contributed by atoms with Gasteiger partial charge in [-0.3, -0.25) is 15.3 Å². The summed E-state index contributed by atoms with van der Waals surface area (Å²) in [6.45, 7) is 7.10. The summed E-state index contributed by atoms with van der Waals surface area (Å²) in [4.78, 5) is 20.9. The van der Waals surface area contributed by atoms with E-state index < -0.39 is 0 Å². The van der Waals surface area contributed by atoms with Gasteiger partial charge in [0.15, 0.2) is 0 Å². The number of hydrazine groups is 1. The summed E-state index contributed by atoms with van der Waals surface area (Å²) in [6.07, 6.45) is 10.0. The normalized spacial score (nSPS) is 26.2. The molecule has 1 unspecified atom stereocenters. The van der Waals surface area contributed by atoms with E-state index in [1.165, 1.54) is 0 Å². The molecule has 0 aromatic carbocycles. The fourth-order valence-corrected chi connectivity index (χ4v) is 2.68. The Hall–Kier alpha value is -2.71. The minimum atomic E-state index is -0.275. The van der Waals surface area contributed by atoms with Crippen molar-refractivity contribution in [1.29, 1.82) is 0 Å². The molecule has 8 heteroatoms. The molecule has 8 nitrogen and oxygen atoms in total. The number of urea groups is 1. The van der Waals surface area contributed by atoms with Gasteiger partial charge in [-0.2, -0.15) is 0 Å². The van der Waals surface area contributed by atoms with Gasteiger partial charge >= 0.3 is 6.03 Å². The molecule has 0 saturated carbocycles. The second-order valence-electron chi connectivity index (χ2n) is 6.20. The summed E-state index contributed by atoms with van der Waals surface area (Å²) in [5.41, 5.74) is 8.62. The van der Waals surface area contributed by atoms with E-state index in [-0.39, 0.29) is 6.03 Å². The van der Waals surface area contributed by atoms with Gasteiger partial charge in [0.1, 0.15) is 5.84 Å². The SMILES string of the molecule is C=C1/C=C\C(NC(=O)NCC2CCOC2)=NC/C=C(/C2=CNNC2)C=N1. The number of hydrogen-bond donors (Lipinski definition) is 4. The summed E-state index contributed by atoms with van der Waals surface area (Å²) in [5.74, 6) is 0.847. The van der Waals surface area contributed by atoms with Gasteiger partial charge < -0.3 is 15.5 Å². The minimum Gasteiger partial charge on any atom is -0.381 e. The van der Waals surface area contributed by atoms with Crippen LogP contribution in [0, 0.1) is 5.92 Å². The van der Waals surface area contributed by atoms with Crippen molar-refractivity contribution in [2.24, 2.45) is 15.9 Å². The van der Waals surface area contributed by atoms with Gasteiger partial charge in [-0.25, -0.2) is 10.2 Å². The van der Waals surface area contributed by atoms with Crippen LogP contribution in [-0.2, 0) is 4.74 Å². The van der Waals surface area contributed by atoms with E-state index in [0.717, 1.165) is 24.2 Å². The molecule has 0 aromatic rings. The molecule has 3 aliphatic heterocycles. The molecule has 2 amide bonds. The Balaban J connectivity index is 1.61. The highest BCUT2D eigenvalue weighted by molar-refractivity contribution is 6.04. The zero-order valence-electron chi connectivity index (χ0n) is 14.6. The van der Waals surface area contributed by atoms with Gasteiger partial charge in [-0.05, 0) is 29.7 Å². The van der Waals surface area contributed by atoms with E-state index in [2.05, 4.69) is 38.0 Å². The first kappa shape index (κ1) is 18.1. The van der Waals surface area contributed by atoms with Crippen LogP contribution in [0.3, 0.4) is 0 Å². The Morgan fingerprint density at radius 1 is 1.42 bits per heavy atom. The maximum atomic E-state index is 12.1. The molecular weight excluding hydrogens is 332 g/mol. The van der Waals surface area contributed by atoms with Gasteiger partial charge in [-0.15, -0.1) is 0 Å². The predicted molar refractivity (Wildman–Crippen MR) is 102 cm³/mol. The van der Waals surface area contributed by atoms with Gasteiger partial charge in [0.05, 0.1) is 18.8 Å². The van der Waals surface area contributed by atoms with E-state index >= 15 is 0 Å². The Morgan fingerprint density at radius 3 is 3.12 bits per heavy atom. The Labute approximate surface area is 152 Å². The molecule has 0 spiro atoms. The Morgan fingerprint density at radius 2 is 2.35 bits per heavy atom. The molecule has 0 bridgehead atoms. The van der Waals surface area contributed by atoms with E-state index in [1.54, 1.807) is 18.4 Å². The lowest BCUT2D eigenvalue weighted by Gasteiger charge is -2.11. The average molecular weight is 356 g/mol. The number of nitrogens with one attached hydrogen (secondary N) is 4. The van der Waals surface area contributed by atoms with Crippen molar-refractivity contribution >= 4 is 18.1 Å². The number of carbonyl (C=O) groups is 1. The lowest BCUT2D eigenvalue weighted by Crippen LogP contribution is -2.41. The highest BCUT2D eigenvalue weighted by Crippen LogP contribution is 2.11. The first-order chi connectivity index (χ1) is 12.7. The summed E-state index contributed by atoms with van der Waals surface area (Å²) in [5, 5.41) is 5.64. The summed E-state index contributed by atoms with van der Waals surface area (Å²) in [6, 6.07) is -0.275. The highest BCUT2D eigenvalue weighted by atomic mass is 16.5. The van der Waals surface area contributed by atoms with Crippen molar-refractivity contribution < 1.29 is 9.53 Å². The van der Waals surface area contributed by atoms with Crippen molar-refractivity contribution in [3.63, 3.8) is 0 Å². The lowest BCUT2D eigenvalue weighted by atomic mass is 10.1. The molecular formula is C18H24N6O2. The van der Waals surface area contributed by atoms with Crippen LogP contribution in [0.2, 0.25) is 0 Å². The number of amides is 2. The number of carbonyl (C=O) groups excluding carboxylic acids is 1. The third kappa shape index (κ3) is 5.40. The number of rotatable bonds is 3. The fraction of sp³-hybridized carbons (Fsp3) is 0.389. The molecule has 3 aliphatic rings. The third-order valence-electron chi connectivity index (χ3n) is 4.19. The van der Waals surface area contributed by atoms with Crippen molar-refractivity contribution in [2.75, 3.05) is 32.8 Å². The van der Waals surface area contributed by atoms with Crippen molar-refractivity contribution in [2.45, 2.75) is 6.42 Å². The fourth-order valence-electron chi connectivity index (χ4n) is 2.68. The monoisotopic (exact) mass is 356 g/mol. The maximum Gasteiger partial charge on any atom is 0.320 e. The van der Waals surface area contributed by atoms with Crippen LogP contribution in [0.15, 0.2) is 57.8 Å². The number of allylic oxidation sites excluding steroid dienone is 1. The second-order valence-corrected chi connectivity index (χ2v) is 6.20. The molecule has 0 aromatic heterocycles. The molecule has 4 N–H and O–H groups in total. The van der Waals surface area contributed by atoms with E-state index in [0.29, 0.717) is 43.7 Å². The number of amidine groups is 1. The molecule has 1 fully saturated rings. The number of nitrogens with zero attached hydrogens (tertiary/aromatic N) is 2. The zero-order chi connectivity index (χ0) is 18.2. The molecule has 138 valence electrons. The molecule has 0 aliphatic carbocycles. The predicted octanol–water partition coefficient (Wildman–Crippen LogP) is 0.793. The van der Waals surface area contributed by atoms with E-state index in [9.17, 15) is 4.79 Å². The standard InChI is InChI=1S/C18H24N6O2/c1-13-2-3-17(24-18(25)21-8-14-5-7-26-12-14)19-6-4-15(9-20-13)16-10-22-23-11-16/h2-4,9-10,14,22-23H,1,5-8,11-12H2,(H2,19,21,24,25)/b3-2-,15-4+,20-9?. The van der Waals surface area contributed by atoms with Crippen molar-refractivity contribution in [1.82, 2.24) is 21.5 Å². The molecule has 1 saturated heterocycles. The van der Waals surface area contributed by atoms with Crippen LogP contribution in [0.25, 0.3) is 0 Å². The largest absolute Gasteiger partial charge is 0.381 e. The molecule has 3 rings (SSSR count). The van der Waals surface area contributed by atoms with E-state index in [1.807, 2.05) is 12.3 Å². The second kappa shape index (κ2) is 9.12. The van der Waals surface area contributed by atoms with Crippen LogP contribution >= 0.6 is 0 Å². The van der Waals surface area contributed by atoms with Gasteiger partial charge in [0, 0.05) is 38.0 Å². The van der Waals surface area contributed by atoms with E-state index in [4.69, 9.17) is 4.74 Å². The first-order valence-corrected chi connectivity index (χ1v) is 8.67. The van der Waals surface area contributed by atoms with Crippen LogP contribution < -0.4 is 21.5 Å².